The van der Waals surface area contributed by atoms with E-state index in [1.807, 2.05) is 6.07 Å². The van der Waals surface area contributed by atoms with Crippen LogP contribution in [-0.4, -0.2) is 40.5 Å². The molecule has 0 aliphatic rings. The number of rotatable bonds is 11. The molecule has 0 aliphatic heterocycles. The Hall–Kier alpha value is -1.61. The molecule has 1 unspecified atom stereocenters. The van der Waals surface area contributed by atoms with Gasteiger partial charge in [-0.2, -0.15) is 5.10 Å². The van der Waals surface area contributed by atoms with Crippen LogP contribution in [0.2, 0.25) is 0 Å². The Labute approximate surface area is 198 Å². The summed E-state index contributed by atoms with van der Waals surface area (Å²) in [5.74, 6) is 1.28. The second-order valence-electron chi connectivity index (χ2n) is 7.54. The average Bonchev–Trinajstić information content (AvgIpc) is 2.98. The zero-order valence-corrected chi connectivity index (χ0v) is 21.1. The number of hydrogen-bond donors (Lipinski definition) is 3. The van der Waals surface area contributed by atoms with Crippen molar-refractivity contribution in [2.24, 2.45) is 10.9 Å². The van der Waals surface area contributed by atoms with Crippen LogP contribution in [-0.2, 0) is 13.1 Å². The summed E-state index contributed by atoms with van der Waals surface area (Å²) in [7, 11) is 0. The number of aromatic nitrogens is 2. The summed E-state index contributed by atoms with van der Waals surface area (Å²) in [4.78, 5) is 4.80. The van der Waals surface area contributed by atoms with Gasteiger partial charge in [0.1, 0.15) is 0 Å². The van der Waals surface area contributed by atoms with Crippen molar-refractivity contribution < 1.29 is 5.11 Å². The molecule has 0 saturated carbocycles. The smallest absolute Gasteiger partial charge is 0.191 e. The molecule has 30 heavy (non-hydrogen) atoms. The molecule has 2 rings (SSSR count). The Kier molecular flexibility index (Phi) is 12.7. The average molecular weight is 527 g/mol. The number of aliphatic hydroxyl groups excluding tert-OH is 1. The summed E-state index contributed by atoms with van der Waals surface area (Å²) in [5.41, 5.74) is 4.62. The first kappa shape index (κ1) is 26.4. The van der Waals surface area contributed by atoms with Crippen LogP contribution < -0.4 is 10.6 Å². The van der Waals surface area contributed by atoms with Crippen LogP contribution in [0.1, 0.15) is 55.6 Å². The minimum absolute atomic E-state index is 0. The van der Waals surface area contributed by atoms with E-state index < -0.39 is 0 Å². The summed E-state index contributed by atoms with van der Waals surface area (Å²) in [6.07, 6.45) is 3.06. The Bertz CT molecular complexity index is 754. The molecule has 1 aromatic heterocycles. The molecule has 7 heteroatoms. The molecule has 0 saturated heterocycles. The first-order valence-corrected chi connectivity index (χ1v) is 10.8. The molecule has 0 fully saturated rings. The van der Waals surface area contributed by atoms with Crippen molar-refractivity contribution >= 4 is 29.9 Å². The van der Waals surface area contributed by atoms with E-state index in [9.17, 15) is 5.11 Å². The summed E-state index contributed by atoms with van der Waals surface area (Å²) >= 11 is 0. The lowest BCUT2D eigenvalue weighted by Gasteiger charge is -2.18. The Morgan fingerprint density at radius 1 is 1.13 bits per heavy atom. The van der Waals surface area contributed by atoms with Gasteiger partial charge in [-0.25, -0.2) is 4.99 Å². The molecule has 1 aromatic carbocycles. The van der Waals surface area contributed by atoms with Crippen molar-refractivity contribution in [2.75, 3.05) is 19.7 Å². The van der Waals surface area contributed by atoms with Crippen molar-refractivity contribution in [3.63, 3.8) is 0 Å². The van der Waals surface area contributed by atoms with Gasteiger partial charge in [0.2, 0.25) is 0 Å². The Morgan fingerprint density at radius 2 is 1.87 bits per heavy atom. The van der Waals surface area contributed by atoms with Crippen molar-refractivity contribution in [2.45, 2.75) is 60.0 Å². The quantitative estimate of drug-likeness (QED) is 0.235. The summed E-state index contributed by atoms with van der Waals surface area (Å²) in [6, 6.07) is 10.4. The van der Waals surface area contributed by atoms with Gasteiger partial charge in [0.05, 0.1) is 18.8 Å². The fourth-order valence-corrected chi connectivity index (χ4v) is 3.55. The molecule has 0 spiro atoms. The van der Waals surface area contributed by atoms with Gasteiger partial charge in [0, 0.05) is 31.0 Å². The maximum absolute atomic E-state index is 9.27. The zero-order chi connectivity index (χ0) is 21.1. The lowest BCUT2D eigenvalue weighted by Crippen LogP contribution is -2.40. The summed E-state index contributed by atoms with van der Waals surface area (Å²) in [6.45, 7) is 11.7. The van der Waals surface area contributed by atoms with Crippen LogP contribution in [0.25, 0.3) is 0 Å². The van der Waals surface area contributed by atoms with Crippen LogP contribution >= 0.6 is 24.0 Å². The highest BCUT2D eigenvalue weighted by molar-refractivity contribution is 14.0. The topological polar surface area (TPSA) is 74.5 Å². The number of guanidine groups is 1. The van der Waals surface area contributed by atoms with Gasteiger partial charge in [0.15, 0.2) is 5.96 Å². The van der Waals surface area contributed by atoms with E-state index in [0.717, 1.165) is 56.2 Å². The zero-order valence-electron chi connectivity index (χ0n) is 18.8. The molecule has 0 aliphatic carbocycles. The predicted molar refractivity (Wildman–Crippen MR) is 136 cm³/mol. The molecule has 168 valence electrons. The minimum Gasteiger partial charge on any atom is -0.396 e. The van der Waals surface area contributed by atoms with Gasteiger partial charge >= 0.3 is 0 Å². The molecule has 0 radical (unpaired) electrons. The van der Waals surface area contributed by atoms with E-state index in [1.54, 1.807) is 0 Å². The SMILES string of the molecule is CCCC(CCO)CNC(=NCc1c(C)nn(Cc2ccccc2)c1C)NCC.I. The van der Waals surface area contributed by atoms with Crippen molar-refractivity contribution in [3.8, 4) is 0 Å². The van der Waals surface area contributed by atoms with Crippen LogP contribution in [0.4, 0.5) is 0 Å². The van der Waals surface area contributed by atoms with E-state index >= 15 is 0 Å². The maximum atomic E-state index is 9.27. The number of hydrogen-bond acceptors (Lipinski definition) is 3. The van der Waals surface area contributed by atoms with E-state index in [4.69, 9.17) is 10.1 Å². The fourth-order valence-electron chi connectivity index (χ4n) is 3.55. The van der Waals surface area contributed by atoms with Crippen LogP contribution in [0, 0.1) is 19.8 Å². The van der Waals surface area contributed by atoms with Gasteiger partial charge in [-0.3, -0.25) is 4.68 Å². The largest absolute Gasteiger partial charge is 0.396 e. The highest BCUT2D eigenvalue weighted by Crippen LogP contribution is 2.16. The lowest BCUT2D eigenvalue weighted by atomic mass is 10.0. The molecule has 1 atom stereocenters. The standard InChI is InChI=1S/C23H37N5O.HI/c1-5-10-20(13-14-29)15-25-23(24-6-2)26-16-22-18(3)27-28(19(22)4)17-21-11-8-7-9-12-21;/h7-9,11-12,20,29H,5-6,10,13-17H2,1-4H3,(H2,24,25,26);1H. The number of aliphatic imine (C=N–C) groups is 1. The minimum atomic E-state index is 0. The first-order valence-electron chi connectivity index (χ1n) is 10.8. The normalized spacial score (nSPS) is 12.4. The van der Waals surface area contributed by atoms with E-state index in [0.29, 0.717) is 12.5 Å². The van der Waals surface area contributed by atoms with E-state index in [1.165, 1.54) is 11.1 Å². The second kappa shape index (κ2) is 14.4. The van der Waals surface area contributed by atoms with Crippen LogP contribution in [0.3, 0.4) is 0 Å². The number of aliphatic hydroxyl groups is 1. The monoisotopic (exact) mass is 527 g/mol. The third-order valence-electron chi connectivity index (χ3n) is 5.24. The van der Waals surface area contributed by atoms with Gasteiger partial charge in [-0.15, -0.1) is 24.0 Å². The fraction of sp³-hybridized carbons (Fsp3) is 0.565. The number of nitrogens with one attached hydrogen (secondary N) is 2. The van der Waals surface area contributed by atoms with Crippen LogP contribution in [0.15, 0.2) is 35.3 Å². The van der Waals surface area contributed by atoms with E-state index in [2.05, 4.69) is 67.3 Å². The molecular formula is C23H38IN5O. The molecule has 2 aromatic rings. The Balaban J connectivity index is 0.00000450. The third kappa shape index (κ3) is 8.26. The molecule has 0 bridgehead atoms. The molecule has 0 amide bonds. The van der Waals surface area contributed by atoms with E-state index in [-0.39, 0.29) is 30.6 Å². The van der Waals surface area contributed by atoms with Crippen LogP contribution in [0.5, 0.6) is 0 Å². The van der Waals surface area contributed by atoms with Gasteiger partial charge < -0.3 is 15.7 Å². The van der Waals surface area contributed by atoms with Gasteiger partial charge in [-0.05, 0) is 45.1 Å². The number of benzene rings is 1. The molecule has 3 N–H and O–H groups in total. The van der Waals surface area contributed by atoms with Crippen molar-refractivity contribution in [1.82, 2.24) is 20.4 Å². The Morgan fingerprint density at radius 3 is 2.50 bits per heavy atom. The van der Waals surface area contributed by atoms with Gasteiger partial charge in [0.25, 0.3) is 0 Å². The third-order valence-corrected chi connectivity index (χ3v) is 5.24. The maximum Gasteiger partial charge on any atom is 0.191 e. The van der Waals surface area contributed by atoms with Gasteiger partial charge in [-0.1, -0.05) is 43.7 Å². The highest BCUT2D eigenvalue weighted by Gasteiger charge is 2.13. The molecule has 6 nitrogen and oxygen atoms in total. The molecular weight excluding hydrogens is 489 g/mol. The first-order chi connectivity index (χ1) is 14.1. The highest BCUT2D eigenvalue weighted by atomic mass is 127. The lowest BCUT2D eigenvalue weighted by molar-refractivity contribution is 0.251. The number of nitrogens with zero attached hydrogens (tertiary/aromatic N) is 3. The summed E-state index contributed by atoms with van der Waals surface area (Å²) < 4.78 is 2.06. The second-order valence-corrected chi connectivity index (χ2v) is 7.54. The summed E-state index contributed by atoms with van der Waals surface area (Å²) in [5, 5.41) is 20.8. The molecule has 1 heterocycles. The van der Waals surface area contributed by atoms with Crippen molar-refractivity contribution in [3.05, 3.63) is 52.8 Å². The predicted octanol–water partition coefficient (Wildman–Crippen LogP) is 4.02. The number of aryl methyl sites for hydroxylation is 1. The number of halogens is 1. The van der Waals surface area contributed by atoms with Crippen molar-refractivity contribution in [1.29, 1.82) is 0 Å².